The first-order chi connectivity index (χ1) is 31.3. The van der Waals surface area contributed by atoms with Crippen LogP contribution in [0.15, 0.2) is 243 Å². The molecule has 0 aliphatic carbocycles. The summed E-state index contributed by atoms with van der Waals surface area (Å²) in [6.45, 7) is 0. The molecule has 0 saturated carbocycles. The molecule has 0 aliphatic rings. The fourth-order valence-electron chi connectivity index (χ4n) is 9.53. The number of hydrogen-bond donors (Lipinski definition) is 0. The number of benzene rings is 10. The van der Waals surface area contributed by atoms with Crippen molar-refractivity contribution in [3.8, 4) is 50.2 Å². The van der Waals surface area contributed by atoms with Crippen molar-refractivity contribution in [2.24, 2.45) is 0 Å². The number of anilines is 3. The Bertz CT molecular complexity index is 3600. The van der Waals surface area contributed by atoms with Crippen molar-refractivity contribution >= 4 is 70.4 Å². The highest BCUT2D eigenvalue weighted by atomic mass is 32.1. The molecule has 3 heteroatoms. The van der Waals surface area contributed by atoms with Crippen LogP contribution in [0.3, 0.4) is 0 Å². The molecule has 0 atom stereocenters. The Kier molecular flexibility index (Phi) is 9.06. The summed E-state index contributed by atoms with van der Waals surface area (Å²) in [5, 5.41) is 5.04. The van der Waals surface area contributed by atoms with E-state index in [1.165, 1.54) is 86.5 Å². The van der Waals surface area contributed by atoms with Gasteiger partial charge in [0.25, 0.3) is 0 Å². The van der Waals surface area contributed by atoms with E-state index in [2.05, 4.69) is 252 Å². The van der Waals surface area contributed by atoms with Gasteiger partial charge in [0.05, 0.1) is 16.7 Å². The molecule has 0 N–H and O–H groups in total. The Morgan fingerprint density at radius 3 is 1.67 bits per heavy atom. The van der Waals surface area contributed by atoms with Crippen LogP contribution in [-0.4, -0.2) is 4.57 Å². The summed E-state index contributed by atoms with van der Waals surface area (Å²) >= 11 is 1.85. The summed E-state index contributed by atoms with van der Waals surface area (Å²) in [6, 6.07) is 88.5. The molecule has 2 nitrogen and oxygen atoms in total. The fraction of sp³-hybridized carbons (Fsp3) is 0. The lowest BCUT2D eigenvalue weighted by atomic mass is 9.87. The molecule has 0 aliphatic heterocycles. The maximum atomic E-state index is 2.47. The van der Waals surface area contributed by atoms with Crippen molar-refractivity contribution in [1.82, 2.24) is 4.57 Å². The molecule has 12 rings (SSSR count). The first-order valence-electron chi connectivity index (χ1n) is 21.5. The first kappa shape index (κ1) is 36.8. The number of hydrogen-bond acceptors (Lipinski definition) is 2. The second kappa shape index (κ2) is 15.5. The predicted octanol–water partition coefficient (Wildman–Crippen LogP) is 17.3. The molecular formula is C60H40N2S. The molecule has 10 aromatic carbocycles. The number of fused-ring (bicyclic) bond motifs is 6. The van der Waals surface area contributed by atoms with Crippen LogP contribution in [0.4, 0.5) is 17.1 Å². The van der Waals surface area contributed by atoms with Crippen LogP contribution in [0.25, 0.3) is 92.2 Å². The van der Waals surface area contributed by atoms with Gasteiger partial charge in [-0.05, 0) is 112 Å². The van der Waals surface area contributed by atoms with Gasteiger partial charge in [-0.1, -0.05) is 170 Å². The first-order valence-corrected chi connectivity index (χ1v) is 22.3. The summed E-state index contributed by atoms with van der Waals surface area (Å²) in [5.74, 6) is 0. The average molecular weight is 821 g/mol. The zero-order valence-electron chi connectivity index (χ0n) is 34.4. The summed E-state index contributed by atoms with van der Waals surface area (Å²) in [5.41, 5.74) is 16.3. The molecule has 0 radical (unpaired) electrons. The summed E-state index contributed by atoms with van der Waals surface area (Å²) in [6.07, 6.45) is 0. The van der Waals surface area contributed by atoms with Crippen LogP contribution in [0.1, 0.15) is 0 Å². The van der Waals surface area contributed by atoms with Crippen LogP contribution in [0.5, 0.6) is 0 Å². The van der Waals surface area contributed by atoms with Crippen molar-refractivity contribution in [2.75, 3.05) is 4.90 Å². The standard InChI is InChI=1S/C60H40N2S/c1-4-17-42(18-5-1)48-23-10-11-26-52(48)60-49(43-19-6-2-7-20-43)27-16-29-57(60)61(47-36-38-59-54(40-47)51-25-13-15-30-58(51)63-59)46-34-31-41(32-35-46)44-33-37-56-53(39-44)50-24-12-14-28-55(50)62(56)45-21-8-3-9-22-45/h1-40H. The van der Waals surface area contributed by atoms with Crippen LogP contribution in [0.2, 0.25) is 0 Å². The van der Waals surface area contributed by atoms with Gasteiger partial charge in [-0.25, -0.2) is 0 Å². The minimum absolute atomic E-state index is 1.09. The van der Waals surface area contributed by atoms with Gasteiger partial charge in [0, 0.05) is 53.6 Å². The van der Waals surface area contributed by atoms with E-state index in [1.54, 1.807) is 0 Å². The summed E-state index contributed by atoms with van der Waals surface area (Å²) < 4.78 is 4.96. The minimum Gasteiger partial charge on any atom is -0.310 e. The monoisotopic (exact) mass is 820 g/mol. The van der Waals surface area contributed by atoms with E-state index in [1.807, 2.05) is 11.3 Å². The molecule has 0 fully saturated rings. The molecule has 12 aromatic rings. The largest absolute Gasteiger partial charge is 0.310 e. The Balaban J connectivity index is 1.07. The van der Waals surface area contributed by atoms with Crippen LogP contribution >= 0.6 is 11.3 Å². The van der Waals surface area contributed by atoms with Crippen molar-refractivity contribution in [1.29, 1.82) is 0 Å². The van der Waals surface area contributed by atoms with E-state index in [0.29, 0.717) is 0 Å². The molecule has 296 valence electrons. The third kappa shape index (κ3) is 6.41. The predicted molar refractivity (Wildman–Crippen MR) is 270 cm³/mol. The number of para-hydroxylation sites is 2. The van der Waals surface area contributed by atoms with E-state index in [0.717, 1.165) is 22.7 Å². The molecule has 0 amide bonds. The van der Waals surface area contributed by atoms with Crippen molar-refractivity contribution in [2.45, 2.75) is 0 Å². The van der Waals surface area contributed by atoms with Gasteiger partial charge < -0.3 is 9.47 Å². The van der Waals surface area contributed by atoms with Gasteiger partial charge in [0.1, 0.15) is 0 Å². The van der Waals surface area contributed by atoms with E-state index in [9.17, 15) is 0 Å². The van der Waals surface area contributed by atoms with Crippen molar-refractivity contribution in [3.63, 3.8) is 0 Å². The minimum atomic E-state index is 1.09. The van der Waals surface area contributed by atoms with E-state index in [-0.39, 0.29) is 0 Å². The molecule has 2 aromatic heterocycles. The molecule has 0 bridgehead atoms. The van der Waals surface area contributed by atoms with Gasteiger partial charge in [0.15, 0.2) is 0 Å². The lowest BCUT2D eigenvalue weighted by Gasteiger charge is -2.30. The molecular weight excluding hydrogens is 781 g/mol. The van der Waals surface area contributed by atoms with Gasteiger partial charge in [0.2, 0.25) is 0 Å². The maximum absolute atomic E-state index is 2.47. The summed E-state index contributed by atoms with van der Waals surface area (Å²) in [4.78, 5) is 2.47. The van der Waals surface area contributed by atoms with Crippen LogP contribution in [0, 0.1) is 0 Å². The van der Waals surface area contributed by atoms with Gasteiger partial charge in [-0.2, -0.15) is 0 Å². The van der Waals surface area contributed by atoms with Crippen molar-refractivity contribution in [3.05, 3.63) is 243 Å². The fourth-order valence-corrected chi connectivity index (χ4v) is 10.6. The maximum Gasteiger partial charge on any atom is 0.0546 e. The topological polar surface area (TPSA) is 8.17 Å². The molecule has 63 heavy (non-hydrogen) atoms. The number of thiophene rings is 1. The normalized spacial score (nSPS) is 11.5. The van der Waals surface area contributed by atoms with E-state index < -0.39 is 0 Å². The Morgan fingerprint density at radius 1 is 0.317 bits per heavy atom. The zero-order valence-corrected chi connectivity index (χ0v) is 35.2. The highest BCUT2D eigenvalue weighted by Gasteiger charge is 2.24. The molecule has 0 unspecified atom stereocenters. The van der Waals surface area contributed by atoms with Gasteiger partial charge in [-0.15, -0.1) is 11.3 Å². The third-order valence-electron chi connectivity index (χ3n) is 12.4. The SMILES string of the molecule is c1ccc(-c2ccccc2-c2c(-c3ccccc3)cccc2N(c2ccc(-c3ccc4c(c3)c3ccccc3n4-c3ccccc3)cc2)c2ccc3sc4ccccc4c3c2)cc1. The molecule has 2 heterocycles. The Labute approximate surface area is 370 Å². The zero-order chi connectivity index (χ0) is 41.7. The quantitative estimate of drug-likeness (QED) is 0.148. The smallest absolute Gasteiger partial charge is 0.0546 e. The second-order valence-electron chi connectivity index (χ2n) is 16.1. The number of rotatable bonds is 8. The van der Waals surface area contributed by atoms with Crippen LogP contribution in [-0.2, 0) is 0 Å². The lowest BCUT2D eigenvalue weighted by Crippen LogP contribution is -2.12. The van der Waals surface area contributed by atoms with Crippen molar-refractivity contribution < 1.29 is 0 Å². The van der Waals surface area contributed by atoms with E-state index >= 15 is 0 Å². The highest BCUT2D eigenvalue weighted by Crippen LogP contribution is 2.49. The highest BCUT2D eigenvalue weighted by molar-refractivity contribution is 7.25. The Hall–Kier alpha value is -7.98. The summed E-state index contributed by atoms with van der Waals surface area (Å²) in [7, 11) is 0. The van der Waals surface area contributed by atoms with Gasteiger partial charge >= 0.3 is 0 Å². The number of aromatic nitrogens is 1. The van der Waals surface area contributed by atoms with E-state index in [4.69, 9.17) is 0 Å². The Morgan fingerprint density at radius 2 is 0.889 bits per heavy atom. The molecule has 0 spiro atoms. The number of nitrogens with zero attached hydrogens (tertiary/aromatic N) is 2. The average Bonchev–Trinajstić information content (AvgIpc) is 3.90. The van der Waals surface area contributed by atoms with Crippen LogP contribution < -0.4 is 4.90 Å². The third-order valence-corrected chi connectivity index (χ3v) is 13.6. The second-order valence-corrected chi connectivity index (χ2v) is 17.1. The lowest BCUT2D eigenvalue weighted by molar-refractivity contribution is 1.18. The molecule has 0 saturated heterocycles. The van der Waals surface area contributed by atoms with Gasteiger partial charge in [-0.3, -0.25) is 0 Å².